The third-order valence-corrected chi connectivity index (χ3v) is 6.79. The zero-order chi connectivity index (χ0) is 30.3. The van der Waals surface area contributed by atoms with E-state index in [0.717, 1.165) is 5.56 Å². The first-order chi connectivity index (χ1) is 21.1. The molecule has 0 spiro atoms. The number of hydrazine groups is 1. The van der Waals surface area contributed by atoms with E-state index in [9.17, 15) is 10.3 Å². The van der Waals surface area contributed by atoms with Crippen LogP contribution in [0.5, 0.6) is 5.75 Å². The molecule has 0 bridgehead atoms. The van der Waals surface area contributed by atoms with E-state index in [0.29, 0.717) is 55.2 Å². The monoisotopic (exact) mass is 584 g/mol. The number of nitrogens with zero attached hydrogens (tertiary/aromatic N) is 4. The van der Waals surface area contributed by atoms with Crippen LogP contribution in [0.15, 0.2) is 95.0 Å². The zero-order valence-corrected chi connectivity index (χ0v) is 24.1. The Kier molecular flexibility index (Phi) is 11.7. The highest BCUT2D eigenvalue weighted by atomic mass is 16.5. The molecule has 0 radical (unpaired) electrons. The van der Waals surface area contributed by atoms with E-state index in [2.05, 4.69) is 20.9 Å². The highest BCUT2D eigenvalue weighted by molar-refractivity contribution is 6.01. The second-order valence-corrected chi connectivity index (χ2v) is 9.78. The van der Waals surface area contributed by atoms with Crippen LogP contribution < -0.4 is 15.6 Å². The third-order valence-electron chi connectivity index (χ3n) is 6.79. The van der Waals surface area contributed by atoms with Gasteiger partial charge in [-0.05, 0) is 41.8 Å². The number of aliphatic hydroxyl groups excluding tert-OH is 1. The number of aliphatic imine (C=N–C) groups is 1. The molecule has 1 aliphatic rings. The molecule has 0 saturated heterocycles. The van der Waals surface area contributed by atoms with Crippen molar-refractivity contribution in [3.8, 4) is 5.75 Å². The second kappa shape index (κ2) is 16.1. The van der Waals surface area contributed by atoms with Gasteiger partial charge in [0.2, 0.25) is 5.90 Å². The first-order valence-corrected chi connectivity index (χ1v) is 14.1. The maximum Gasteiger partial charge on any atom is 0.266 e. The third kappa shape index (κ3) is 8.21. The average molecular weight is 585 g/mol. The van der Waals surface area contributed by atoms with Crippen molar-refractivity contribution >= 4 is 23.6 Å². The van der Waals surface area contributed by atoms with Gasteiger partial charge in [-0.1, -0.05) is 71.9 Å². The van der Waals surface area contributed by atoms with Crippen LogP contribution in [0.25, 0.3) is 16.5 Å². The van der Waals surface area contributed by atoms with Crippen molar-refractivity contribution in [3.05, 3.63) is 112 Å². The number of aliphatic hydroxyl groups is 1. The van der Waals surface area contributed by atoms with Crippen molar-refractivity contribution in [1.82, 2.24) is 10.9 Å². The number of hydrogen-bond donors (Lipinski definition) is 3. The first kappa shape index (κ1) is 31.3. The van der Waals surface area contributed by atoms with Gasteiger partial charge in [0.05, 0.1) is 6.61 Å². The summed E-state index contributed by atoms with van der Waals surface area (Å²) in [4.78, 5) is 22.1. The van der Waals surface area contributed by atoms with Gasteiger partial charge in [0.15, 0.2) is 11.6 Å². The Bertz CT molecular complexity index is 1440. The van der Waals surface area contributed by atoms with Crippen LogP contribution in [-0.4, -0.2) is 55.9 Å². The minimum Gasteiger partial charge on any atom is -0.494 e. The quantitative estimate of drug-likeness (QED) is 0.0674. The van der Waals surface area contributed by atoms with Crippen LogP contribution >= 0.6 is 0 Å². The summed E-state index contributed by atoms with van der Waals surface area (Å²) in [6.07, 6.45) is 4.33. The molecule has 0 aromatic heterocycles. The normalized spacial score (nSPS) is 17.6. The van der Waals surface area contributed by atoms with Gasteiger partial charge >= 0.3 is 0 Å². The van der Waals surface area contributed by atoms with Gasteiger partial charge in [0, 0.05) is 61.4 Å². The molecule has 0 saturated carbocycles. The van der Waals surface area contributed by atoms with Crippen LogP contribution in [0.2, 0.25) is 0 Å². The minimum absolute atomic E-state index is 0.0472. The molecule has 4 rings (SSSR count). The lowest BCUT2D eigenvalue weighted by Crippen LogP contribution is -2.52. The summed E-state index contributed by atoms with van der Waals surface area (Å²) in [6.45, 7) is 1.47. The van der Waals surface area contributed by atoms with Gasteiger partial charge in [-0.2, -0.15) is 0 Å². The van der Waals surface area contributed by atoms with Crippen molar-refractivity contribution in [2.45, 2.75) is 30.9 Å². The maximum absolute atomic E-state index is 14.1. The summed E-state index contributed by atoms with van der Waals surface area (Å²) in [5, 5.41) is 12.9. The van der Waals surface area contributed by atoms with Crippen LogP contribution in [0.3, 0.4) is 0 Å². The Balaban J connectivity index is 1.75. The molecule has 3 aromatic rings. The standard InChI is InChI=1S/C32H36N6O5/c1-41-22-8-20-34-37-31(40)32(19-7-12-24-10-3-2-4-11-24)29(27-13-5-6-14-28(27)36-38-33)43-30(35-32)25-15-17-26(18-16-25)42-23-9-21-39/h2-7,10-18,29,34,39H,8-9,19-23H2,1H3,(H,37,40)/b12-7+/t29-,32-/m0/s1. The molecule has 2 atom stereocenters. The molecular formula is C32H36N6O5. The second-order valence-electron chi connectivity index (χ2n) is 9.78. The fourth-order valence-corrected chi connectivity index (χ4v) is 4.64. The number of ether oxygens (including phenoxy) is 3. The van der Waals surface area contributed by atoms with Crippen molar-refractivity contribution < 1.29 is 24.1 Å². The molecular weight excluding hydrogens is 548 g/mol. The molecule has 1 amide bonds. The SMILES string of the molecule is COCCCNNC(=O)[C@@]1(C/C=C/c2ccccc2)N=C(c2ccc(OCCCO)cc2)O[C@H]1c1ccccc1N=[N+]=[N-]. The molecule has 0 unspecified atom stereocenters. The van der Waals surface area contributed by atoms with Crippen LogP contribution in [0.4, 0.5) is 5.69 Å². The number of carbonyl (C=O) groups excluding carboxylic acids is 1. The minimum atomic E-state index is -1.45. The molecule has 3 aromatic carbocycles. The smallest absolute Gasteiger partial charge is 0.266 e. The lowest BCUT2D eigenvalue weighted by atomic mass is 9.83. The molecule has 1 aliphatic heterocycles. The Morgan fingerprint density at radius 3 is 2.60 bits per heavy atom. The lowest BCUT2D eigenvalue weighted by molar-refractivity contribution is -0.129. The van der Waals surface area contributed by atoms with E-state index >= 15 is 0 Å². The maximum atomic E-state index is 14.1. The van der Waals surface area contributed by atoms with Gasteiger partial charge < -0.3 is 19.3 Å². The molecule has 11 nitrogen and oxygen atoms in total. The van der Waals surface area contributed by atoms with Gasteiger partial charge in [-0.15, -0.1) is 0 Å². The van der Waals surface area contributed by atoms with Crippen molar-refractivity contribution in [1.29, 1.82) is 0 Å². The van der Waals surface area contributed by atoms with Gasteiger partial charge in [0.1, 0.15) is 5.75 Å². The van der Waals surface area contributed by atoms with Gasteiger partial charge in [0.25, 0.3) is 5.91 Å². The molecule has 3 N–H and O–H groups in total. The van der Waals surface area contributed by atoms with Gasteiger partial charge in [-0.25, -0.2) is 10.4 Å². The summed E-state index contributed by atoms with van der Waals surface area (Å²) in [5.41, 5.74) is 16.1. The predicted octanol–water partition coefficient (Wildman–Crippen LogP) is 5.41. The topological polar surface area (TPSA) is 150 Å². The molecule has 0 fully saturated rings. The number of methoxy groups -OCH3 is 1. The van der Waals surface area contributed by atoms with E-state index in [4.69, 9.17) is 24.3 Å². The van der Waals surface area contributed by atoms with Crippen LogP contribution in [-0.2, 0) is 14.3 Å². The molecule has 11 heteroatoms. The Hall–Kier alpha value is -4.67. The highest BCUT2D eigenvalue weighted by Gasteiger charge is 2.53. The van der Waals surface area contributed by atoms with E-state index in [1.807, 2.05) is 42.5 Å². The first-order valence-electron chi connectivity index (χ1n) is 14.1. The molecule has 0 aliphatic carbocycles. The average Bonchev–Trinajstić information content (AvgIpc) is 3.43. The van der Waals surface area contributed by atoms with Crippen molar-refractivity contribution in [3.63, 3.8) is 0 Å². The fraction of sp³-hybridized carbons (Fsp3) is 0.312. The predicted molar refractivity (Wildman–Crippen MR) is 165 cm³/mol. The molecule has 1 heterocycles. The number of carbonyl (C=O) groups is 1. The van der Waals surface area contributed by atoms with Crippen molar-refractivity contribution in [2.24, 2.45) is 10.1 Å². The van der Waals surface area contributed by atoms with E-state index < -0.39 is 17.6 Å². The number of nitrogens with one attached hydrogen (secondary N) is 2. The number of hydrogen-bond acceptors (Lipinski definition) is 8. The summed E-state index contributed by atoms with van der Waals surface area (Å²) < 4.78 is 17.3. The van der Waals surface area contributed by atoms with E-state index in [1.54, 1.807) is 55.6 Å². The molecule has 224 valence electrons. The van der Waals surface area contributed by atoms with E-state index in [-0.39, 0.29) is 18.9 Å². The Morgan fingerprint density at radius 2 is 1.86 bits per heavy atom. The number of amides is 1. The number of benzene rings is 3. The summed E-state index contributed by atoms with van der Waals surface area (Å²) in [7, 11) is 1.62. The van der Waals surface area contributed by atoms with Gasteiger partial charge in [-0.3, -0.25) is 10.2 Å². The lowest BCUT2D eigenvalue weighted by Gasteiger charge is -2.30. The van der Waals surface area contributed by atoms with Crippen LogP contribution in [0.1, 0.15) is 42.1 Å². The summed E-state index contributed by atoms with van der Waals surface area (Å²) in [6, 6.07) is 24.0. The summed E-state index contributed by atoms with van der Waals surface area (Å²) >= 11 is 0. The van der Waals surface area contributed by atoms with E-state index in [1.165, 1.54) is 0 Å². The fourth-order valence-electron chi connectivity index (χ4n) is 4.64. The molecule has 43 heavy (non-hydrogen) atoms. The Morgan fingerprint density at radius 1 is 1.09 bits per heavy atom. The Labute approximate surface area is 250 Å². The highest BCUT2D eigenvalue weighted by Crippen LogP contribution is 2.45. The zero-order valence-electron chi connectivity index (χ0n) is 24.1. The summed E-state index contributed by atoms with van der Waals surface area (Å²) in [5.74, 6) is 0.503. The number of rotatable bonds is 16. The van der Waals surface area contributed by atoms with Crippen molar-refractivity contribution in [2.75, 3.05) is 33.5 Å². The number of azide groups is 1. The van der Waals surface area contributed by atoms with Crippen LogP contribution in [0, 0.1) is 0 Å². The largest absolute Gasteiger partial charge is 0.494 e.